The highest BCUT2D eigenvalue weighted by Gasteiger charge is 2.51. The third-order valence-corrected chi connectivity index (χ3v) is 21.6. The average molecular weight is 1380 g/mol. The lowest BCUT2D eigenvalue weighted by molar-refractivity contribution is -0.359. The maximum absolute atomic E-state index is 13.4. The van der Waals surface area contributed by atoms with Crippen molar-refractivity contribution in [2.75, 3.05) is 19.8 Å². The SMILES string of the molecule is CCCCCCCCCCCCCCCCCCCCCCCCCCCCCCCCCCC(=O)NC(COC1OC(CO)C(OC2OC(CO)C(O)C(O)C2O)C(O)C1O)C(O)CCCCCCCCCCCCCCCCCCCCCCCCCCCCCCCCC. The third kappa shape index (κ3) is 50.9. The quantitative estimate of drug-likeness (QED) is 0.0259. The molecule has 0 aromatic carbocycles. The van der Waals surface area contributed by atoms with Gasteiger partial charge < -0.3 is 65.1 Å². The molecular formula is C83H163NO13. The fourth-order valence-electron chi connectivity index (χ4n) is 14.8. The van der Waals surface area contributed by atoms with Crippen LogP contribution in [0.4, 0.5) is 0 Å². The molecule has 14 nitrogen and oxygen atoms in total. The molecule has 2 heterocycles. The number of ether oxygens (including phenoxy) is 4. The zero-order chi connectivity index (χ0) is 70.1. The standard InChI is InChI=1S/C83H163NO13/c1-3-5-7-9-11-13-15-17-19-21-23-25-27-29-31-33-35-37-39-41-43-45-47-49-51-53-55-57-59-61-63-65-67-75(88)84-71(70-94-82-80(93)78(91)81(74(69-86)96-82)97-83-79(92)77(90)76(89)73(68-85)95-83)72(87)66-64-62-60-58-56-54-52-50-48-46-44-42-40-38-36-34-32-30-28-26-24-22-20-18-16-14-12-10-8-6-4-2/h71-74,76-83,85-87,89-93H,3-70H2,1-2H3,(H,84,88). The Morgan fingerprint density at radius 1 is 0.330 bits per heavy atom. The second-order valence-electron chi connectivity index (χ2n) is 30.7. The summed E-state index contributed by atoms with van der Waals surface area (Å²) in [6.07, 6.45) is 68.8. The Morgan fingerprint density at radius 2 is 0.588 bits per heavy atom. The van der Waals surface area contributed by atoms with Crippen LogP contribution in [0.15, 0.2) is 0 Å². The van der Waals surface area contributed by atoms with E-state index in [0.29, 0.717) is 12.8 Å². The van der Waals surface area contributed by atoms with Crippen molar-refractivity contribution >= 4 is 5.91 Å². The smallest absolute Gasteiger partial charge is 0.220 e. The summed E-state index contributed by atoms with van der Waals surface area (Å²) >= 11 is 0. The van der Waals surface area contributed by atoms with E-state index in [0.717, 1.165) is 51.4 Å². The first-order chi connectivity index (χ1) is 47.6. The Morgan fingerprint density at radius 3 is 0.876 bits per heavy atom. The maximum Gasteiger partial charge on any atom is 0.220 e. The zero-order valence-corrected chi connectivity index (χ0v) is 63.6. The first-order valence-electron chi connectivity index (χ1n) is 42.8. The van der Waals surface area contributed by atoms with Crippen LogP contribution in [-0.4, -0.2) is 140 Å². The van der Waals surface area contributed by atoms with Gasteiger partial charge >= 0.3 is 0 Å². The van der Waals surface area contributed by atoms with Crippen LogP contribution in [-0.2, 0) is 23.7 Å². The van der Waals surface area contributed by atoms with Crippen molar-refractivity contribution in [2.45, 2.75) is 505 Å². The number of aliphatic hydroxyl groups is 8. The number of amides is 1. The van der Waals surface area contributed by atoms with Gasteiger partial charge in [0.05, 0.1) is 32.0 Å². The van der Waals surface area contributed by atoms with Gasteiger partial charge in [0, 0.05) is 6.42 Å². The minimum Gasteiger partial charge on any atom is -0.394 e. The van der Waals surface area contributed by atoms with E-state index in [2.05, 4.69) is 19.2 Å². The first kappa shape index (κ1) is 92.1. The monoisotopic (exact) mass is 1380 g/mol. The van der Waals surface area contributed by atoms with Crippen LogP contribution < -0.4 is 5.32 Å². The summed E-state index contributed by atoms with van der Waals surface area (Å²) in [5.74, 6) is -0.194. The van der Waals surface area contributed by atoms with E-state index in [9.17, 15) is 45.6 Å². The molecule has 2 aliphatic rings. The molecule has 2 saturated heterocycles. The van der Waals surface area contributed by atoms with E-state index < -0.39 is 86.8 Å². The minimum absolute atomic E-state index is 0.194. The maximum atomic E-state index is 13.4. The number of aliphatic hydroxyl groups excluding tert-OH is 8. The van der Waals surface area contributed by atoms with Crippen molar-refractivity contribution in [2.24, 2.45) is 0 Å². The normalized spacial score (nSPS) is 22.0. The van der Waals surface area contributed by atoms with Crippen molar-refractivity contribution in [1.29, 1.82) is 0 Å². The molecule has 0 aromatic heterocycles. The van der Waals surface area contributed by atoms with Crippen molar-refractivity contribution in [1.82, 2.24) is 5.32 Å². The highest BCUT2D eigenvalue weighted by atomic mass is 16.7. The summed E-state index contributed by atoms with van der Waals surface area (Å²) in [4.78, 5) is 13.4. The molecule has 97 heavy (non-hydrogen) atoms. The van der Waals surface area contributed by atoms with Crippen LogP contribution in [0.5, 0.6) is 0 Å². The summed E-state index contributed by atoms with van der Waals surface area (Å²) in [7, 11) is 0. The number of hydrogen-bond acceptors (Lipinski definition) is 13. The number of nitrogens with one attached hydrogen (secondary N) is 1. The molecule has 0 spiro atoms. The zero-order valence-electron chi connectivity index (χ0n) is 63.6. The number of rotatable bonds is 74. The molecule has 9 N–H and O–H groups in total. The Kier molecular flexibility index (Phi) is 64.7. The number of carbonyl (C=O) groups excluding carboxylic acids is 1. The van der Waals surface area contributed by atoms with Gasteiger partial charge in [0.2, 0.25) is 5.91 Å². The molecule has 2 fully saturated rings. The summed E-state index contributed by atoms with van der Waals surface area (Å²) in [5.41, 5.74) is 0. The third-order valence-electron chi connectivity index (χ3n) is 21.6. The van der Waals surface area contributed by atoms with Crippen LogP contribution in [0.1, 0.15) is 431 Å². The molecule has 12 atom stereocenters. The molecule has 0 radical (unpaired) electrons. The highest BCUT2D eigenvalue weighted by molar-refractivity contribution is 5.76. The predicted molar refractivity (Wildman–Crippen MR) is 402 cm³/mol. The fourth-order valence-corrected chi connectivity index (χ4v) is 14.8. The summed E-state index contributed by atoms with van der Waals surface area (Å²) in [6, 6.07) is -0.826. The molecule has 0 aromatic rings. The largest absolute Gasteiger partial charge is 0.394 e. The van der Waals surface area contributed by atoms with E-state index in [1.54, 1.807) is 0 Å². The summed E-state index contributed by atoms with van der Waals surface area (Å²) < 4.78 is 23.0. The van der Waals surface area contributed by atoms with Crippen molar-refractivity contribution in [3.05, 3.63) is 0 Å². The summed E-state index contributed by atoms with van der Waals surface area (Å²) in [6.45, 7) is 2.96. The van der Waals surface area contributed by atoms with Gasteiger partial charge in [-0.1, -0.05) is 412 Å². The van der Waals surface area contributed by atoms with Gasteiger partial charge in [0.15, 0.2) is 12.6 Å². The van der Waals surface area contributed by atoms with Crippen LogP contribution in [0.25, 0.3) is 0 Å². The van der Waals surface area contributed by atoms with Crippen LogP contribution >= 0.6 is 0 Å². The van der Waals surface area contributed by atoms with Crippen LogP contribution in [0.2, 0.25) is 0 Å². The van der Waals surface area contributed by atoms with E-state index in [4.69, 9.17) is 18.9 Å². The van der Waals surface area contributed by atoms with Gasteiger partial charge in [-0.3, -0.25) is 4.79 Å². The molecular weight excluding hydrogens is 1220 g/mol. The molecule has 0 saturated carbocycles. The molecule has 0 aliphatic carbocycles. The fraction of sp³-hybridized carbons (Fsp3) is 0.988. The minimum atomic E-state index is -1.78. The number of carbonyl (C=O) groups is 1. The lowest BCUT2D eigenvalue weighted by Crippen LogP contribution is -2.65. The second kappa shape index (κ2) is 68.1. The molecule has 2 aliphatic heterocycles. The van der Waals surface area contributed by atoms with E-state index in [1.165, 1.54) is 353 Å². The van der Waals surface area contributed by atoms with Crippen LogP contribution in [0, 0.1) is 0 Å². The highest BCUT2D eigenvalue weighted by Crippen LogP contribution is 2.31. The summed E-state index contributed by atoms with van der Waals surface area (Å²) in [5, 5.41) is 88.0. The van der Waals surface area contributed by atoms with E-state index in [-0.39, 0.29) is 12.5 Å². The number of hydrogen-bond donors (Lipinski definition) is 9. The Balaban J connectivity index is 1.57. The Hall–Kier alpha value is -1.01. The lowest BCUT2D eigenvalue weighted by atomic mass is 9.97. The van der Waals surface area contributed by atoms with Crippen molar-refractivity contribution in [3.8, 4) is 0 Å². The van der Waals surface area contributed by atoms with Crippen LogP contribution in [0.3, 0.4) is 0 Å². The molecule has 14 heteroatoms. The Labute approximate surface area is 597 Å². The van der Waals surface area contributed by atoms with Crippen molar-refractivity contribution in [3.63, 3.8) is 0 Å². The number of unbranched alkanes of at least 4 members (excludes halogenated alkanes) is 61. The van der Waals surface area contributed by atoms with Gasteiger partial charge in [0.1, 0.15) is 48.8 Å². The van der Waals surface area contributed by atoms with E-state index >= 15 is 0 Å². The first-order valence-corrected chi connectivity index (χ1v) is 42.8. The molecule has 1 amide bonds. The predicted octanol–water partition coefficient (Wildman–Crippen LogP) is 19.9. The van der Waals surface area contributed by atoms with Gasteiger partial charge in [-0.25, -0.2) is 0 Å². The average Bonchev–Trinajstić information content (AvgIpc) is 0.794. The molecule has 0 bridgehead atoms. The second-order valence-corrected chi connectivity index (χ2v) is 30.7. The van der Waals surface area contributed by atoms with Crippen molar-refractivity contribution < 1.29 is 64.6 Å². The topological polar surface area (TPSA) is 228 Å². The molecule has 578 valence electrons. The van der Waals surface area contributed by atoms with Gasteiger partial charge in [0.25, 0.3) is 0 Å². The van der Waals surface area contributed by atoms with E-state index in [1.807, 2.05) is 0 Å². The van der Waals surface area contributed by atoms with Gasteiger partial charge in [-0.15, -0.1) is 0 Å². The molecule has 2 rings (SSSR count). The Bertz CT molecular complexity index is 1630. The van der Waals surface area contributed by atoms with Gasteiger partial charge in [-0.2, -0.15) is 0 Å². The lowest BCUT2D eigenvalue weighted by Gasteiger charge is -2.46. The van der Waals surface area contributed by atoms with Gasteiger partial charge in [-0.05, 0) is 12.8 Å². The molecule has 12 unspecified atom stereocenters.